The number of carbonyl (C=O) groups is 1. The van der Waals surface area contributed by atoms with Crippen molar-refractivity contribution in [2.75, 3.05) is 11.9 Å². The first kappa shape index (κ1) is 18.1. The lowest BCUT2D eigenvalue weighted by Gasteiger charge is -2.32. The topological polar surface area (TPSA) is 74.2 Å². The summed E-state index contributed by atoms with van der Waals surface area (Å²) >= 11 is 1.41. The number of amides is 2. The van der Waals surface area contributed by atoms with Crippen LogP contribution in [0.5, 0.6) is 0 Å². The van der Waals surface area contributed by atoms with Crippen molar-refractivity contribution in [2.24, 2.45) is 0 Å². The Bertz CT molecular complexity index is 846. The van der Waals surface area contributed by atoms with E-state index in [4.69, 9.17) is 0 Å². The SMILES string of the molecule is CCC(CO)(NC(=O)Nc1ncc(-c2ccccc2)s1)c1ccccc1. The highest BCUT2D eigenvalue weighted by Crippen LogP contribution is 2.29. The second-order valence-corrected chi connectivity index (χ2v) is 6.97. The van der Waals surface area contributed by atoms with Gasteiger partial charge in [-0.1, -0.05) is 78.9 Å². The van der Waals surface area contributed by atoms with E-state index < -0.39 is 11.6 Å². The van der Waals surface area contributed by atoms with Crippen LogP contribution in [-0.4, -0.2) is 22.7 Å². The van der Waals surface area contributed by atoms with E-state index >= 15 is 0 Å². The highest BCUT2D eigenvalue weighted by Gasteiger charge is 2.31. The molecule has 3 aromatic rings. The molecule has 1 atom stereocenters. The zero-order valence-corrected chi connectivity index (χ0v) is 15.3. The predicted octanol–water partition coefficient (Wildman–Crippen LogP) is 4.23. The minimum atomic E-state index is -0.829. The fraction of sp³-hybridized carbons (Fsp3) is 0.200. The van der Waals surface area contributed by atoms with Gasteiger partial charge in [0, 0.05) is 6.20 Å². The molecular formula is C20H21N3O2S. The molecule has 0 bridgehead atoms. The van der Waals surface area contributed by atoms with Gasteiger partial charge in [0.25, 0.3) is 0 Å². The van der Waals surface area contributed by atoms with E-state index in [0.29, 0.717) is 11.6 Å². The molecule has 1 unspecified atom stereocenters. The van der Waals surface area contributed by atoms with Gasteiger partial charge in [0.05, 0.1) is 17.0 Å². The van der Waals surface area contributed by atoms with Gasteiger partial charge in [-0.05, 0) is 17.5 Å². The Morgan fingerprint density at radius 2 is 1.77 bits per heavy atom. The second kappa shape index (κ2) is 8.12. The maximum Gasteiger partial charge on any atom is 0.321 e. The lowest BCUT2D eigenvalue weighted by atomic mass is 9.88. The summed E-state index contributed by atoms with van der Waals surface area (Å²) in [5, 5.41) is 16.1. The molecule has 0 radical (unpaired) electrons. The van der Waals surface area contributed by atoms with Crippen LogP contribution in [0.4, 0.5) is 9.93 Å². The number of aromatic nitrogens is 1. The van der Waals surface area contributed by atoms with Crippen LogP contribution < -0.4 is 10.6 Å². The Morgan fingerprint density at radius 1 is 1.12 bits per heavy atom. The standard InChI is InChI=1S/C20H21N3O2S/c1-2-20(14-24,16-11-7-4-8-12-16)23-18(25)22-19-21-13-17(26-19)15-9-5-3-6-10-15/h3-13,24H,2,14H2,1H3,(H2,21,22,23,25). The van der Waals surface area contributed by atoms with E-state index in [2.05, 4.69) is 15.6 Å². The Hall–Kier alpha value is -2.70. The number of nitrogens with zero attached hydrogens (tertiary/aromatic N) is 1. The fourth-order valence-corrected chi connectivity index (χ4v) is 3.59. The average Bonchev–Trinajstić information content (AvgIpc) is 3.16. The summed E-state index contributed by atoms with van der Waals surface area (Å²) < 4.78 is 0. The van der Waals surface area contributed by atoms with Crippen LogP contribution in [-0.2, 0) is 5.54 Å². The highest BCUT2D eigenvalue weighted by atomic mass is 32.1. The zero-order valence-electron chi connectivity index (χ0n) is 14.5. The van der Waals surface area contributed by atoms with Gasteiger partial charge in [0.2, 0.25) is 0 Å². The molecule has 0 saturated carbocycles. The maximum absolute atomic E-state index is 12.5. The maximum atomic E-state index is 12.5. The number of hydrogen-bond donors (Lipinski definition) is 3. The monoisotopic (exact) mass is 367 g/mol. The smallest absolute Gasteiger partial charge is 0.321 e. The van der Waals surface area contributed by atoms with Crippen molar-refractivity contribution in [2.45, 2.75) is 18.9 Å². The van der Waals surface area contributed by atoms with Crippen molar-refractivity contribution in [3.63, 3.8) is 0 Å². The number of urea groups is 1. The number of aliphatic hydroxyl groups is 1. The van der Waals surface area contributed by atoms with Gasteiger partial charge in [0.1, 0.15) is 0 Å². The Labute approximate surface area is 156 Å². The van der Waals surface area contributed by atoms with Crippen LogP contribution in [0, 0.1) is 0 Å². The summed E-state index contributed by atoms with van der Waals surface area (Å²) in [6, 6.07) is 19.0. The number of benzene rings is 2. The van der Waals surface area contributed by atoms with Crippen LogP contribution in [0.1, 0.15) is 18.9 Å². The van der Waals surface area contributed by atoms with Crippen molar-refractivity contribution in [1.82, 2.24) is 10.3 Å². The number of aliphatic hydroxyl groups excluding tert-OH is 1. The molecule has 0 aliphatic carbocycles. The number of nitrogens with one attached hydrogen (secondary N) is 2. The van der Waals surface area contributed by atoms with E-state index in [1.165, 1.54) is 11.3 Å². The highest BCUT2D eigenvalue weighted by molar-refractivity contribution is 7.19. The van der Waals surface area contributed by atoms with Gasteiger partial charge in [-0.25, -0.2) is 9.78 Å². The van der Waals surface area contributed by atoms with Crippen molar-refractivity contribution in [3.05, 3.63) is 72.4 Å². The molecule has 1 aromatic heterocycles. The van der Waals surface area contributed by atoms with Crippen molar-refractivity contribution in [3.8, 4) is 10.4 Å². The first-order chi connectivity index (χ1) is 12.7. The minimum Gasteiger partial charge on any atom is -0.394 e. The number of hydrogen-bond acceptors (Lipinski definition) is 4. The van der Waals surface area contributed by atoms with Crippen molar-refractivity contribution in [1.29, 1.82) is 0 Å². The van der Waals surface area contributed by atoms with E-state index in [-0.39, 0.29) is 6.61 Å². The molecule has 134 valence electrons. The van der Waals surface area contributed by atoms with Crippen LogP contribution in [0.3, 0.4) is 0 Å². The second-order valence-electron chi connectivity index (χ2n) is 5.93. The van der Waals surface area contributed by atoms with Crippen LogP contribution in [0.2, 0.25) is 0 Å². The molecule has 26 heavy (non-hydrogen) atoms. The lowest BCUT2D eigenvalue weighted by Crippen LogP contribution is -2.49. The summed E-state index contributed by atoms with van der Waals surface area (Å²) in [5.74, 6) is 0. The molecule has 2 amide bonds. The Kier molecular flexibility index (Phi) is 5.65. The minimum absolute atomic E-state index is 0.186. The average molecular weight is 367 g/mol. The summed E-state index contributed by atoms with van der Waals surface area (Å²) in [6.45, 7) is 1.74. The van der Waals surface area contributed by atoms with Crippen LogP contribution in [0.25, 0.3) is 10.4 Å². The predicted molar refractivity (Wildman–Crippen MR) is 105 cm³/mol. The molecule has 3 N–H and O–H groups in total. The summed E-state index contributed by atoms with van der Waals surface area (Å²) in [6.07, 6.45) is 2.31. The third kappa shape index (κ3) is 3.92. The molecule has 0 fully saturated rings. The largest absolute Gasteiger partial charge is 0.394 e. The third-order valence-corrected chi connectivity index (χ3v) is 5.30. The molecular weight excluding hydrogens is 346 g/mol. The van der Waals surface area contributed by atoms with Gasteiger partial charge in [0.15, 0.2) is 5.13 Å². The van der Waals surface area contributed by atoms with E-state index in [0.717, 1.165) is 16.0 Å². The molecule has 0 aliphatic heterocycles. The van der Waals surface area contributed by atoms with Crippen LogP contribution in [0.15, 0.2) is 66.9 Å². The van der Waals surface area contributed by atoms with Gasteiger partial charge in [-0.3, -0.25) is 5.32 Å². The molecule has 0 spiro atoms. The molecule has 5 nitrogen and oxygen atoms in total. The molecule has 3 rings (SSSR count). The first-order valence-corrected chi connectivity index (χ1v) is 9.25. The summed E-state index contributed by atoms with van der Waals surface area (Å²) in [5.41, 5.74) is 1.09. The van der Waals surface area contributed by atoms with E-state index in [9.17, 15) is 9.90 Å². The zero-order chi connectivity index (χ0) is 18.4. The number of rotatable bonds is 6. The first-order valence-electron chi connectivity index (χ1n) is 8.43. The van der Waals surface area contributed by atoms with Crippen molar-refractivity contribution < 1.29 is 9.90 Å². The van der Waals surface area contributed by atoms with Crippen molar-refractivity contribution >= 4 is 22.5 Å². The third-order valence-electron chi connectivity index (χ3n) is 4.34. The van der Waals surface area contributed by atoms with Gasteiger partial charge in [-0.15, -0.1) is 0 Å². The van der Waals surface area contributed by atoms with Gasteiger partial charge >= 0.3 is 6.03 Å². The lowest BCUT2D eigenvalue weighted by molar-refractivity contribution is 0.159. The fourth-order valence-electron chi connectivity index (χ4n) is 2.78. The quantitative estimate of drug-likeness (QED) is 0.610. The van der Waals surface area contributed by atoms with E-state index in [1.54, 1.807) is 6.20 Å². The molecule has 0 aliphatic rings. The molecule has 6 heteroatoms. The van der Waals surface area contributed by atoms with E-state index in [1.807, 2.05) is 67.6 Å². The number of carbonyl (C=O) groups excluding carboxylic acids is 1. The Balaban J connectivity index is 1.73. The number of thiazole rings is 1. The molecule has 0 saturated heterocycles. The summed E-state index contributed by atoms with van der Waals surface area (Å²) in [7, 11) is 0. The molecule has 2 aromatic carbocycles. The van der Waals surface area contributed by atoms with Crippen LogP contribution >= 0.6 is 11.3 Å². The normalized spacial score (nSPS) is 13.0. The Morgan fingerprint density at radius 3 is 2.38 bits per heavy atom. The number of anilines is 1. The van der Waals surface area contributed by atoms with Gasteiger partial charge < -0.3 is 10.4 Å². The van der Waals surface area contributed by atoms with Gasteiger partial charge in [-0.2, -0.15) is 0 Å². The summed E-state index contributed by atoms with van der Waals surface area (Å²) in [4.78, 5) is 17.7. The molecule has 1 heterocycles.